The summed E-state index contributed by atoms with van der Waals surface area (Å²) in [6, 6.07) is 7.73. The normalized spacial score (nSPS) is 17.3. The van der Waals surface area contributed by atoms with E-state index >= 15 is 0 Å². The molecule has 1 amide bonds. The molecule has 1 fully saturated rings. The maximum atomic E-state index is 12.6. The quantitative estimate of drug-likeness (QED) is 0.919. The second kappa shape index (κ2) is 6.99. The number of benzene rings is 1. The van der Waals surface area contributed by atoms with E-state index in [2.05, 4.69) is 4.98 Å². The van der Waals surface area contributed by atoms with Gasteiger partial charge in [-0.25, -0.2) is 4.98 Å². The molecule has 2 heterocycles. The molecule has 0 radical (unpaired) electrons. The number of aromatic nitrogens is 1. The summed E-state index contributed by atoms with van der Waals surface area (Å²) in [5.41, 5.74) is 7.41. The number of carbonyl (C=O) groups excluding carboxylic acids is 1. The van der Waals surface area contributed by atoms with Crippen molar-refractivity contribution in [1.29, 1.82) is 0 Å². The van der Waals surface area contributed by atoms with Gasteiger partial charge in [0.05, 0.1) is 0 Å². The summed E-state index contributed by atoms with van der Waals surface area (Å²) < 4.78 is 0. The van der Waals surface area contributed by atoms with E-state index in [9.17, 15) is 4.79 Å². The summed E-state index contributed by atoms with van der Waals surface area (Å²) in [6.45, 7) is 3.56. The molecule has 0 spiro atoms. The maximum Gasteiger partial charge on any atom is 0.273 e. The van der Waals surface area contributed by atoms with Gasteiger partial charge in [0.1, 0.15) is 10.7 Å². The average molecular weight is 350 g/mol. The standard InChI is InChI=1S/C17H20ClN3OS/c1-11(19)12-5-7-21(8-6-12)17(22)15-10-23-16(20-15)13-3-2-4-14(18)9-13/h2-4,9-12H,5-8,19H2,1H3. The van der Waals surface area contributed by atoms with Crippen LogP contribution in [-0.2, 0) is 0 Å². The van der Waals surface area contributed by atoms with Crippen LogP contribution in [0.1, 0.15) is 30.3 Å². The molecule has 1 unspecified atom stereocenters. The van der Waals surface area contributed by atoms with Gasteiger partial charge in [-0.3, -0.25) is 4.79 Å². The molecule has 6 heteroatoms. The number of halogens is 1. The second-order valence-corrected chi connectivity index (χ2v) is 7.33. The molecule has 0 aliphatic carbocycles. The number of likely N-dealkylation sites (tertiary alicyclic amines) is 1. The van der Waals surface area contributed by atoms with E-state index in [1.165, 1.54) is 11.3 Å². The monoisotopic (exact) mass is 349 g/mol. The number of carbonyl (C=O) groups is 1. The van der Waals surface area contributed by atoms with Gasteiger partial charge in [-0.1, -0.05) is 23.7 Å². The molecule has 122 valence electrons. The van der Waals surface area contributed by atoms with Crippen LogP contribution in [0.5, 0.6) is 0 Å². The van der Waals surface area contributed by atoms with Crippen LogP contribution >= 0.6 is 22.9 Å². The Bertz CT molecular complexity index is 693. The molecule has 2 aromatic rings. The number of hydrogen-bond donors (Lipinski definition) is 1. The smallest absolute Gasteiger partial charge is 0.273 e. The highest BCUT2D eigenvalue weighted by Crippen LogP contribution is 2.27. The molecule has 1 aromatic carbocycles. The van der Waals surface area contributed by atoms with Crippen LogP contribution in [0, 0.1) is 5.92 Å². The molecule has 3 rings (SSSR count). The van der Waals surface area contributed by atoms with E-state index in [4.69, 9.17) is 17.3 Å². The van der Waals surface area contributed by atoms with Crippen molar-refractivity contribution < 1.29 is 4.79 Å². The van der Waals surface area contributed by atoms with Crippen LogP contribution in [0.3, 0.4) is 0 Å². The minimum atomic E-state index is 0.0117. The van der Waals surface area contributed by atoms with E-state index in [1.807, 2.05) is 41.5 Å². The first-order valence-electron chi connectivity index (χ1n) is 7.81. The van der Waals surface area contributed by atoms with Gasteiger partial charge in [0.15, 0.2) is 0 Å². The van der Waals surface area contributed by atoms with Crippen molar-refractivity contribution >= 4 is 28.8 Å². The lowest BCUT2D eigenvalue weighted by atomic mass is 9.91. The van der Waals surface area contributed by atoms with Crippen molar-refractivity contribution in [1.82, 2.24) is 9.88 Å². The molecule has 1 aromatic heterocycles. The van der Waals surface area contributed by atoms with Crippen molar-refractivity contribution in [2.75, 3.05) is 13.1 Å². The minimum absolute atomic E-state index is 0.0117. The summed E-state index contributed by atoms with van der Waals surface area (Å²) >= 11 is 7.49. The fraction of sp³-hybridized carbons (Fsp3) is 0.412. The molecule has 1 saturated heterocycles. The van der Waals surface area contributed by atoms with Gasteiger partial charge in [0.2, 0.25) is 0 Å². The van der Waals surface area contributed by atoms with Crippen molar-refractivity contribution in [2.45, 2.75) is 25.8 Å². The molecule has 1 atom stereocenters. The highest BCUT2D eigenvalue weighted by atomic mass is 35.5. The maximum absolute atomic E-state index is 12.6. The Labute approximate surface area is 145 Å². The highest BCUT2D eigenvalue weighted by Gasteiger charge is 2.26. The Morgan fingerprint density at radius 1 is 1.43 bits per heavy atom. The minimum Gasteiger partial charge on any atom is -0.337 e. The third-order valence-electron chi connectivity index (χ3n) is 4.37. The van der Waals surface area contributed by atoms with Gasteiger partial charge in [-0.15, -0.1) is 11.3 Å². The van der Waals surface area contributed by atoms with E-state index in [0.717, 1.165) is 36.5 Å². The summed E-state index contributed by atoms with van der Waals surface area (Å²) in [5, 5.41) is 3.32. The Hall–Kier alpha value is -1.43. The molecule has 0 bridgehead atoms. The van der Waals surface area contributed by atoms with Gasteiger partial charge in [-0.2, -0.15) is 0 Å². The second-order valence-electron chi connectivity index (χ2n) is 6.04. The lowest BCUT2D eigenvalue weighted by Crippen LogP contribution is -2.42. The van der Waals surface area contributed by atoms with Gasteiger partial charge < -0.3 is 10.6 Å². The first-order chi connectivity index (χ1) is 11.0. The Balaban J connectivity index is 1.70. The Kier molecular flexibility index (Phi) is 4.99. The first-order valence-corrected chi connectivity index (χ1v) is 9.06. The van der Waals surface area contributed by atoms with E-state index in [-0.39, 0.29) is 11.9 Å². The van der Waals surface area contributed by atoms with Crippen LogP contribution in [-0.4, -0.2) is 34.9 Å². The Morgan fingerprint density at radius 3 is 2.83 bits per heavy atom. The van der Waals surface area contributed by atoms with E-state index in [1.54, 1.807) is 0 Å². The topological polar surface area (TPSA) is 59.2 Å². The predicted octanol–water partition coefficient (Wildman–Crippen LogP) is 3.66. The summed E-state index contributed by atoms with van der Waals surface area (Å²) in [7, 11) is 0. The van der Waals surface area contributed by atoms with E-state index < -0.39 is 0 Å². The van der Waals surface area contributed by atoms with Crippen molar-refractivity contribution in [3.8, 4) is 10.6 Å². The molecule has 2 N–H and O–H groups in total. The number of thiazole rings is 1. The number of hydrogen-bond acceptors (Lipinski definition) is 4. The van der Waals surface area contributed by atoms with Crippen molar-refractivity contribution in [2.24, 2.45) is 11.7 Å². The third-order valence-corrected chi connectivity index (χ3v) is 5.49. The molecular weight excluding hydrogens is 330 g/mol. The van der Waals surface area contributed by atoms with Crippen LogP contribution in [0.2, 0.25) is 5.02 Å². The summed E-state index contributed by atoms with van der Waals surface area (Å²) in [6.07, 6.45) is 1.93. The third kappa shape index (κ3) is 3.74. The lowest BCUT2D eigenvalue weighted by molar-refractivity contribution is 0.0676. The zero-order valence-electron chi connectivity index (χ0n) is 13.0. The molecule has 4 nitrogen and oxygen atoms in total. The average Bonchev–Trinajstić information content (AvgIpc) is 3.04. The summed E-state index contributed by atoms with van der Waals surface area (Å²) in [4.78, 5) is 19.0. The van der Waals surface area contributed by atoms with Crippen LogP contribution in [0.15, 0.2) is 29.6 Å². The molecule has 1 aliphatic rings. The zero-order valence-corrected chi connectivity index (χ0v) is 14.6. The molecule has 0 saturated carbocycles. The van der Waals surface area contributed by atoms with Gasteiger partial charge in [0.25, 0.3) is 5.91 Å². The van der Waals surface area contributed by atoms with Gasteiger partial charge in [-0.05, 0) is 37.8 Å². The van der Waals surface area contributed by atoms with Crippen LogP contribution in [0.4, 0.5) is 0 Å². The number of nitrogens with two attached hydrogens (primary N) is 1. The predicted molar refractivity (Wildman–Crippen MR) is 94.8 cm³/mol. The van der Waals surface area contributed by atoms with Crippen LogP contribution in [0.25, 0.3) is 10.6 Å². The molecule has 23 heavy (non-hydrogen) atoms. The van der Waals surface area contributed by atoms with Gasteiger partial charge >= 0.3 is 0 Å². The first kappa shape index (κ1) is 16.4. The lowest BCUT2D eigenvalue weighted by Gasteiger charge is -2.33. The van der Waals surface area contributed by atoms with E-state index in [0.29, 0.717) is 16.6 Å². The van der Waals surface area contributed by atoms with Gasteiger partial charge in [0, 0.05) is 35.1 Å². The number of piperidine rings is 1. The number of amides is 1. The molecular formula is C17H20ClN3OS. The fourth-order valence-corrected chi connectivity index (χ4v) is 3.90. The van der Waals surface area contributed by atoms with Crippen LogP contribution < -0.4 is 5.73 Å². The van der Waals surface area contributed by atoms with Crippen molar-refractivity contribution in [3.05, 3.63) is 40.4 Å². The fourth-order valence-electron chi connectivity index (χ4n) is 2.92. The molecule has 1 aliphatic heterocycles. The number of nitrogens with zero attached hydrogens (tertiary/aromatic N) is 2. The Morgan fingerprint density at radius 2 is 2.17 bits per heavy atom. The highest BCUT2D eigenvalue weighted by molar-refractivity contribution is 7.13. The SMILES string of the molecule is CC(N)C1CCN(C(=O)c2csc(-c3cccc(Cl)c3)n2)CC1. The zero-order chi connectivity index (χ0) is 16.4. The number of rotatable bonds is 3. The largest absolute Gasteiger partial charge is 0.337 e. The van der Waals surface area contributed by atoms with Crippen molar-refractivity contribution in [3.63, 3.8) is 0 Å². The summed E-state index contributed by atoms with van der Waals surface area (Å²) in [5.74, 6) is 0.522.